The molecule has 0 aromatic rings. The molecule has 0 spiro atoms. The van der Waals surface area contributed by atoms with Crippen molar-refractivity contribution in [3.05, 3.63) is 12.7 Å². The Kier molecular flexibility index (Phi) is 37.4. The van der Waals surface area contributed by atoms with E-state index in [9.17, 15) is 9.59 Å². The van der Waals surface area contributed by atoms with Crippen LogP contribution in [-0.4, -0.2) is 28.8 Å². The minimum Gasteiger partial charge on any atom is -0.300 e. The Morgan fingerprint density at radius 2 is 1.65 bits per heavy atom. The first kappa shape index (κ1) is 25.6. The lowest BCUT2D eigenvalue weighted by Gasteiger charge is -1.91. The Labute approximate surface area is 117 Å². The van der Waals surface area contributed by atoms with E-state index in [0.717, 1.165) is 23.7 Å². The van der Waals surface area contributed by atoms with Crippen LogP contribution in [0.3, 0.4) is 0 Å². The Bertz CT molecular complexity index is 180. The average molecular weight is 280 g/mol. The van der Waals surface area contributed by atoms with Gasteiger partial charge in [-0.3, -0.25) is 9.59 Å². The molecule has 0 aliphatic heterocycles. The highest BCUT2D eigenvalue weighted by Gasteiger charge is 1.89. The summed E-state index contributed by atoms with van der Waals surface area (Å²) in [5.74, 6) is 3.37. The number of hydrogen-bond donors (Lipinski definition) is 1. The summed E-state index contributed by atoms with van der Waals surface area (Å²) in [6.45, 7) is 10.4. The lowest BCUT2D eigenvalue weighted by atomic mass is 10.4. The molecule has 0 unspecified atom stereocenters. The highest BCUT2D eigenvalue weighted by molar-refractivity contribution is 7.99. The van der Waals surface area contributed by atoms with Crippen molar-refractivity contribution >= 4 is 36.0 Å². The van der Waals surface area contributed by atoms with Gasteiger partial charge in [-0.2, -0.15) is 24.4 Å². The van der Waals surface area contributed by atoms with Gasteiger partial charge < -0.3 is 0 Å². The number of Topliss-reactive ketones (excluding diaryl/α,β-unsaturated/α-hetero) is 1. The molecule has 0 rings (SSSR count). The van der Waals surface area contributed by atoms with E-state index in [1.54, 1.807) is 6.92 Å². The summed E-state index contributed by atoms with van der Waals surface area (Å²) in [6.07, 6.45) is 2.01. The lowest BCUT2D eigenvalue weighted by molar-refractivity contribution is -0.116. The quantitative estimate of drug-likeness (QED) is 0.468. The highest BCUT2D eigenvalue weighted by Crippen LogP contribution is 2.00. The van der Waals surface area contributed by atoms with Gasteiger partial charge in [-0.25, -0.2) is 0 Å². The number of carbonyl (C=O) groups excluding carboxylic acids is 2. The molecule has 0 saturated carbocycles. The van der Waals surface area contributed by atoms with Gasteiger partial charge in [-0.1, -0.05) is 27.9 Å². The van der Waals surface area contributed by atoms with Crippen LogP contribution < -0.4 is 0 Å². The smallest absolute Gasteiger partial charge is 0.152 e. The molecule has 0 bridgehead atoms. The third kappa shape index (κ3) is 65.2. The first-order valence-corrected chi connectivity index (χ1v) is 7.05. The largest absolute Gasteiger partial charge is 0.300 e. The molecule has 4 heteroatoms. The summed E-state index contributed by atoms with van der Waals surface area (Å²) in [7, 11) is 0. The minimum absolute atomic E-state index is 0. The van der Waals surface area contributed by atoms with Crippen molar-refractivity contribution in [3.8, 4) is 0 Å². The summed E-state index contributed by atoms with van der Waals surface area (Å²) >= 11 is 5.60. The normalized spacial score (nSPS) is 7.35. The minimum atomic E-state index is 0. The van der Waals surface area contributed by atoms with Crippen LogP contribution in [0, 0.1) is 0 Å². The van der Waals surface area contributed by atoms with Gasteiger partial charge in [-0.05, 0) is 31.4 Å². The molecule has 0 saturated heterocycles. The van der Waals surface area contributed by atoms with Gasteiger partial charge in [0.1, 0.15) is 5.78 Å². The maximum Gasteiger partial charge on any atom is 0.152 e. The van der Waals surface area contributed by atoms with Crippen LogP contribution in [0.2, 0.25) is 0 Å². The first-order chi connectivity index (χ1) is 7.45. The van der Waals surface area contributed by atoms with Gasteiger partial charge in [0.25, 0.3) is 0 Å². The van der Waals surface area contributed by atoms with Crippen molar-refractivity contribution < 1.29 is 9.59 Å². The number of hydrogen-bond acceptors (Lipinski definition) is 4. The van der Waals surface area contributed by atoms with Crippen molar-refractivity contribution in [1.29, 1.82) is 0 Å². The SMILES string of the molecule is C.C=CC(C)=O.CCS.CCSCCC(C)=O. The van der Waals surface area contributed by atoms with Gasteiger partial charge >= 0.3 is 0 Å². The monoisotopic (exact) mass is 280 g/mol. The van der Waals surface area contributed by atoms with Gasteiger partial charge in [0, 0.05) is 12.2 Å². The highest BCUT2D eigenvalue weighted by atomic mass is 32.2. The average Bonchev–Trinajstić information content (AvgIpc) is 2.20. The van der Waals surface area contributed by atoms with Gasteiger partial charge in [-0.15, -0.1) is 0 Å². The second kappa shape index (κ2) is 24.8. The molecule has 2 nitrogen and oxygen atoms in total. The van der Waals surface area contributed by atoms with Crippen LogP contribution in [0.25, 0.3) is 0 Å². The Hall–Kier alpha value is -0.220. The van der Waals surface area contributed by atoms with E-state index in [2.05, 4.69) is 26.1 Å². The standard InChI is InChI=1S/C6H12OS.C4H6O.C2H6S.CH4/c1-3-8-5-4-6(2)7;1-3-4(2)5;1-2-3;/h3-5H2,1-2H3;3H,1H2,2H3;3H,2H2,1H3;1H4. The summed E-state index contributed by atoms with van der Waals surface area (Å²) in [5.41, 5.74) is 0. The zero-order valence-electron chi connectivity index (χ0n) is 10.8. The van der Waals surface area contributed by atoms with E-state index in [1.165, 1.54) is 13.0 Å². The van der Waals surface area contributed by atoms with E-state index in [4.69, 9.17) is 0 Å². The number of allylic oxidation sites excluding steroid dienone is 1. The van der Waals surface area contributed by atoms with E-state index in [1.807, 2.05) is 18.7 Å². The Balaban J connectivity index is -0.0000000815. The molecule has 0 aromatic carbocycles. The van der Waals surface area contributed by atoms with Crippen molar-refractivity contribution in [2.24, 2.45) is 0 Å². The third-order valence-corrected chi connectivity index (χ3v) is 1.99. The Morgan fingerprint density at radius 1 is 1.29 bits per heavy atom. The van der Waals surface area contributed by atoms with Crippen molar-refractivity contribution in [1.82, 2.24) is 0 Å². The maximum atomic E-state index is 10.3. The predicted molar refractivity (Wildman–Crippen MR) is 85.4 cm³/mol. The van der Waals surface area contributed by atoms with Crippen molar-refractivity contribution in [2.75, 3.05) is 17.3 Å². The topological polar surface area (TPSA) is 34.1 Å². The predicted octanol–water partition coefficient (Wildman–Crippen LogP) is 4.05. The fraction of sp³-hybridized carbons (Fsp3) is 0.692. The molecular weight excluding hydrogens is 252 g/mol. The second-order valence-electron chi connectivity index (χ2n) is 2.78. The van der Waals surface area contributed by atoms with E-state index >= 15 is 0 Å². The van der Waals surface area contributed by atoms with E-state index < -0.39 is 0 Å². The molecule has 0 aliphatic rings. The number of carbonyl (C=O) groups is 2. The molecule has 0 atom stereocenters. The maximum absolute atomic E-state index is 10.3. The number of thiol groups is 1. The van der Waals surface area contributed by atoms with Crippen LogP contribution in [0.5, 0.6) is 0 Å². The molecule has 0 heterocycles. The molecule has 0 N–H and O–H groups in total. The number of thioether (sulfide) groups is 1. The summed E-state index contributed by atoms with van der Waals surface area (Å²) < 4.78 is 0. The summed E-state index contributed by atoms with van der Waals surface area (Å²) in [6, 6.07) is 0. The van der Waals surface area contributed by atoms with Crippen LogP contribution in [-0.2, 0) is 9.59 Å². The van der Waals surface area contributed by atoms with Crippen molar-refractivity contribution in [2.45, 2.75) is 41.5 Å². The Morgan fingerprint density at radius 3 is 1.82 bits per heavy atom. The summed E-state index contributed by atoms with van der Waals surface area (Å²) in [5, 5.41) is 0. The van der Waals surface area contributed by atoms with E-state index in [0.29, 0.717) is 5.78 Å². The van der Waals surface area contributed by atoms with Gasteiger partial charge in [0.05, 0.1) is 0 Å². The number of ketones is 2. The molecule has 0 amide bonds. The molecular formula is C13H28O2S2. The fourth-order valence-corrected chi connectivity index (χ4v) is 1.08. The van der Waals surface area contributed by atoms with Crippen LogP contribution in [0.4, 0.5) is 0 Å². The fourth-order valence-electron chi connectivity index (χ4n) is 0.360. The lowest BCUT2D eigenvalue weighted by Crippen LogP contribution is -1.91. The molecule has 0 fully saturated rings. The number of rotatable bonds is 5. The van der Waals surface area contributed by atoms with E-state index in [-0.39, 0.29) is 13.2 Å². The van der Waals surface area contributed by atoms with Crippen molar-refractivity contribution in [3.63, 3.8) is 0 Å². The molecule has 0 aliphatic carbocycles. The van der Waals surface area contributed by atoms with Gasteiger partial charge in [0.15, 0.2) is 5.78 Å². The third-order valence-electron chi connectivity index (χ3n) is 1.09. The zero-order chi connectivity index (χ0) is 13.4. The van der Waals surface area contributed by atoms with Gasteiger partial charge in [0.2, 0.25) is 0 Å². The van der Waals surface area contributed by atoms with Crippen LogP contribution in [0.15, 0.2) is 12.7 Å². The molecule has 0 radical (unpaired) electrons. The molecule has 104 valence electrons. The van der Waals surface area contributed by atoms with Crippen LogP contribution in [0.1, 0.15) is 41.5 Å². The zero-order valence-corrected chi connectivity index (χ0v) is 12.5. The molecule has 0 aromatic heterocycles. The molecule has 17 heavy (non-hydrogen) atoms. The second-order valence-corrected chi connectivity index (χ2v) is 4.81. The van der Waals surface area contributed by atoms with Crippen LogP contribution >= 0.6 is 24.4 Å². The first-order valence-electron chi connectivity index (χ1n) is 5.27. The summed E-state index contributed by atoms with van der Waals surface area (Å²) in [4.78, 5) is 20.0.